The van der Waals surface area contributed by atoms with Crippen molar-refractivity contribution in [1.29, 1.82) is 0 Å². The van der Waals surface area contributed by atoms with Crippen LogP contribution in [0.1, 0.15) is 20.1 Å². The number of carbonyl (C=O) groups excluding carboxylic acids is 2. The Morgan fingerprint density at radius 1 is 1.48 bits per heavy atom. The monoisotopic (exact) mass is 330 g/mol. The highest BCUT2D eigenvalue weighted by Crippen LogP contribution is 2.39. The van der Waals surface area contributed by atoms with E-state index in [2.05, 4.69) is 4.74 Å². The number of hydrogen-bond acceptors (Lipinski definition) is 7. The first kappa shape index (κ1) is 17.0. The predicted octanol–water partition coefficient (Wildman–Crippen LogP) is -1.34. The third-order valence-electron chi connectivity index (χ3n) is 3.59. The lowest BCUT2D eigenvalue weighted by Gasteiger charge is -2.26. The number of ether oxygens (including phenoxy) is 2. The summed E-state index contributed by atoms with van der Waals surface area (Å²) in [7, 11) is 0. The summed E-state index contributed by atoms with van der Waals surface area (Å²) in [4.78, 5) is 47.3. The number of aliphatic hydroxyl groups is 1. The number of hydrogen-bond donors (Lipinski definition) is 2. The molecule has 23 heavy (non-hydrogen) atoms. The number of Topliss-reactive ketones (excluding diaryl/α,β-unsaturated/α-hetero) is 1. The number of nitrogens with zero attached hydrogens (tertiary/aromatic N) is 1. The second kappa shape index (κ2) is 6.05. The molecule has 1 aliphatic heterocycles. The molecule has 2 N–H and O–H groups in total. The summed E-state index contributed by atoms with van der Waals surface area (Å²) in [6, 6.07) is 0.962. The molecule has 1 aromatic heterocycles. The highest BCUT2D eigenvalue weighted by Gasteiger charge is 2.61. The predicted molar refractivity (Wildman–Crippen MR) is 72.4 cm³/mol. The summed E-state index contributed by atoms with van der Waals surface area (Å²) in [5.41, 5.74) is -4.25. The van der Waals surface area contributed by atoms with Crippen molar-refractivity contribution in [1.82, 2.24) is 9.55 Å². The van der Waals surface area contributed by atoms with Gasteiger partial charge in [-0.3, -0.25) is 23.9 Å². The van der Waals surface area contributed by atoms with Gasteiger partial charge in [0.1, 0.15) is 12.7 Å². The molecule has 0 spiro atoms. The van der Waals surface area contributed by atoms with Gasteiger partial charge in [-0.1, -0.05) is 0 Å². The molecule has 0 unspecified atom stereocenters. The smallest absolute Gasteiger partial charge is 0.330 e. The molecule has 9 nitrogen and oxygen atoms in total. The largest absolute Gasteiger partial charge is 0.463 e. The first-order valence-corrected chi connectivity index (χ1v) is 6.65. The van der Waals surface area contributed by atoms with E-state index in [9.17, 15) is 28.7 Å². The first-order valence-electron chi connectivity index (χ1n) is 6.65. The molecule has 0 aromatic carbocycles. The standard InChI is InChI=1S/C13H15FN2O7/c1-6(17)13(21)8(5-22-7(2)18)23-11(10(13)14)16-4-3-9(19)15-12(16)20/h3-4,8,10-11,21H,5H2,1-2H3,(H,15,19,20)/t8-,10+,11-,13-/m1/s1. The molecule has 10 heteroatoms. The molecule has 0 saturated carbocycles. The number of ketones is 1. The topological polar surface area (TPSA) is 128 Å². The lowest BCUT2D eigenvalue weighted by atomic mass is 9.89. The summed E-state index contributed by atoms with van der Waals surface area (Å²) < 4.78 is 25.2. The maximum Gasteiger partial charge on any atom is 0.330 e. The molecule has 1 saturated heterocycles. The maximum absolute atomic E-state index is 14.6. The fourth-order valence-corrected chi connectivity index (χ4v) is 2.35. The fraction of sp³-hybridized carbons (Fsp3) is 0.538. The Morgan fingerprint density at radius 2 is 2.13 bits per heavy atom. The number of esters is 1. The number of nitrogens with one attached hydrogen (secondary N) is 1. The van der Waals surface area contributed by atoms with Crippen molar-refractivity contribution in [2.24, 2.45) is 0 Å². The van der Waals surface area contributed by atoms with Crippen LogP contribution in [0.15, 0.2) is 21.9 Å². The van der Waals surface area contributed by atoms with Crippen LogP contribution in [0.2, 0.25) is 0 Å². The van der Waals surface area contributed by atoms with Gasteiger partial charge in [0.25, 0.3) is 5.56 Å². The molecule has 1 fully saturated rings. The van der Waals surface area contributed by atoms with Gasteiger partial charge in [-0.05, 0) is 6.92 Å². The van der Waals surface area contributed by atoms with Gasteiger partial charge >= 0.3 is 11.7 Å². The Morgan fingerprint density at radius 3 is 2.65 bits per heavy atom. The van der Waals surface area contributed by atoms with E-state index in [0.717, 1.165) is 26.1 Å². The minimum absolute atomic E-state index is 0.569. The van der Waals surface area contributed by atoms with E-state index in [0.29, 0.717) is 4.57 Å². The van der Waals surface area contributed by atoms with Gasteiger partial charge in [-0.25, -0.2) is 9.18 Å². The van der Waals surface area contributed by atoms with Crippen molar-refractivity contribution in [3.8, 4) is 0 Å². The Hall–Kier alpha value is -2.33. The summed E-state index contributed by atoms with van der Waals surface area (Å²) in [6.07, 6.45) is -4.48. The van der Waals surface area contributed by atoms with Crippen molar-refractivity contribution in [3.63, 3.8) is 0 Å². The van der Waals surface area contributed by atoms with Crippen LogP contribution in [0, 0.1) is 0 Å². The van der Waals surface area contributed by atoms with Crippen molar-refractivity contribution in [2.75, 3.05) is 6.61 Å². The number of aromatic amines is 1. The van der Waals surface area contributed by atoms with Crippen LogP contribution in [0.3, 0.4) is 0 Å². The molecular formula is C13H15FN2O7. The first-order chi connectivity index (χ1) is 10.7. The van der Waals surface area contributed by atoms with E-state index < -0.39 is 53.7 Å². The fourth-order valence-electron chi connectivity index (χ4n) is 2.35. The Balaban J connectivity index is 2.40. The molecule has 0 bridgehead atoms. The molecule has 2 heterocycles. The SMILES string of the molecule is CC(=O)OC[C@H]1O[C@@H](n2ccc(=O)[nH]c2=O)[C@H](F)[C@@]1(O)C(C)=O. The van der Waals surface area contributed by atoms with E-state index in [-0.39, 0.29) is 0 Å². The molecular weight excluding hydrogens is 315 g/mol. The minimum Gasteiger partial charge on any atom is -0.463 e. The molecule has 1 aliphatic rings. The van der Waals surface area contributed by atoms with Crippen LogP contribution in [-0.2, 0) is 19.1 Å². The second-order valence-corrected chi connectivity index (χ2v) is 5.12. The van der Waals surface area contributed by atoms with Crippen molar-refractivity contribution >= 4 is 11.8 Å². The van der Waals surface area contributed by atoms with Gasteiger partial charge in [0.2, 0.25) is 0 Å². The number of alkyl halides is 1. The zero-order chi connectivity index (χ0) is 17.4. The van der Waals surface area contributed by atoms with Gasteiger partial charge in [0.15, 0.2) is 23.8 Å². The lowest BCUT2D eigenvalue weighted by Crippen LogP contribution is -2.53. The summed E-state index contributed by atoms with van der Waals surface area (Å²) in [6.45, 7) is 1.48. The van der Waals surface area contributed by atoms with Crippen LogP contribution < -0.4 is 11.2 Å². The maximum atomic E-state index is 14.6. The van der Waals surface area contributed by atoms with Gasteiger partial charge in [-0.2, -0.15) is 0 Å². The minimum atomic E-state index is -2.59. The molecule has 0 aliphatic carbocycles. The second-order valence-electron chi connectivity index (χ2n) is 5.12. The third kappa shape index (κ3) is 2.94. The van der Waals surface area contributed by atoms with Crippen LogP contribution >= 0.6 is 0 Å². The number of H-pyrrole nitrogens is 1. The van der Waals surface area contributed by atoms with Gasteiger partial charge in [0.05, 0.1) is 0 Å². The van der Waals surface area contributed by atoms with Gasteiger partial charge in [0, 0.05) is 19.2 Å². The van der Waals surface area contributed by atoms with Crippen molar-refractivity contribution in [2.45, 2.75) is 38.0 Å². The molecule has 4 atom stereocenters. The highest BCUT2D eigenvalue weighted by atomic mass is 19.1. The molecule has 2 rings (SSSR count). The number of aromatic nitrogens is 2. The van der Waals surface area contributed by atoms with E-state index in [1.54, 1.807) is 0 Å². The Bertz CT molecular complexity index is 742. The molecule has 0 radical (unpaired) electrons. The number of rotatable bonds is 4. The highest BCUT2D eigenvalue weighted by molar-refractivity contribution is 5.86. The summed E-state index contributed by atoms with van der Waals surface area (Å²) in [5.74, 6) is -1.65. The number of halogens is 1. The molecule has 1 aromatic rings. The average molecular weight is 330 g/mol. The van der Waals surface area contributed by atoms with Crippen LogP contribution in [0.25, 0.3) is 0 Å². The average Bonchev–Trinajstić information content (AvgIpc) is 2.71. The lowest BCUT2D eigenvalue weighted by molar-refractivity contribution is -0.159. The number of carbonyl (C=O) groups is 2. The summed E-state index contributed by atoms with van der Waals surface area (Å²) in [5, 5.41) is 10.4. The van der Waals surface area contributed by atoms with Crippen molar-refractivity contribution in [3.05, 3.63) is 33.1 Å². The Labute approximate surface area is 128 Å². The normalized spacial score (nSPS) is 30.2. The van der Waals surface area contributed by atoms with Gasteiger partial charge < -0.3 is 14.6 Å². The molecule has 126 valence electrons. The quantitative estimate of drug-likeness (QED) is 0.654. The molecule has 0 amide bonds. The summed E-state index contributed by atoms with van der Waals surface area (Å²) >= 11 is 0. The van der Waals surface area contributed by atoms with Gasteiger partial charge in [-0.15, -0.1) is 0 Å². The van der Waals surface area contributed by atoms with Crippen LogP contribution in [-0.4, -0.2) is 50.9 Å². The van der Waals surface area contributed by atoms with Crippen molar-refractivity contribution < 1.29 is 28.6 Å². The third-order valence-corrected chi connectivity index (χ3v) is 3.59. The van der Waals surface area contributed by atoms with E-state index in [1.165, 1.54) is 0 Å². The Kier molecular flexibility index (Phi) is 4.48. The van der Waals surface area contributed by atoms with Crippen LogP contribution in [0.4, 0.5) is 4.39 Å². The van der Waals surface area contributed by atoms with Crippen LogP contribution in [0.5, 0.6) is 0 Å². The van der Waals surface area contributed by atoms with E-state index in [4.69, 9.17) is 4.74 Å². The zero-order valence-corrected chi connectivity index (χ0v) is 12.3. The van der Waals surface area contributed by atoms with E-state index >= 15 is 0 Å². The van der Waals surface area contributed by atoms with E-state index in [1.807, 2.05) is 4.98 Å². The zero-order valence-electron chi connectivity index (χ0n) is 12.3.